The fourth-order valence-electron chi connectivity index (χ4n) is 0.761. The number of carbonyl (C=O) groups is 1. The van der Waals surface area contributed by atoms with E-state index in [1.807, 2.05) is 7.05 Å². The van der Waals surface area contributed by atoms with Gasteiger partial charge in [-0.2, -0.15) is 0 Å². The van der Waals surface area contributed by atoms with Crippen molar-refractivity contribution in [2.75, 3.05) is 20.2 Å². The molecule has 70 valence electrons. The van der Waals surface area contributed by atoms with E-state index in [1.165, 1.54) is 6.08 Å². The summed E-state index contributed by atoms with van der Waals surface area (Å²) in [5, 5.41) is 3.03. The smallest absolute Gasteiger partial charge is 0.330 e. The van der Waals surface area contributed by atoms with Gasteiger partial charge in [0, 0.05) is 6.08 Å². The number of hydrogen-bond acceptors (Lipinski definition) is 3. The minimum Gasteiger partial charge on any atom is -0.463 e. The van der Waals surface area contributed by atoms with Crippen LogP contribution in [0.3, 0.4) is 0 Å². The molecule has 0 unspecified atom stereocenters. The molecule has 0 bridgehead atoms. The van der Waals surface area contributed by atoms with E-state index in [4.69, 9.17) is 4.74 Å². The average Bonchev–Trinajstić information content (AvgIpc) is 2.05. The molecule has 0 spiro atoms. The Morgan fingerprint density at radius 1 is 1.50 bits per heavy atom. The molecule has 0 amide bonds. The maximum Gasteiger partial charge on any atom is 0.330 e. The lowest BCUT2D eigenvalue weighted by molar-refractivity contribution is -0.137. The second-order valence-corrected chi connectivity index (χ2v) is 2.48. The monoisotopic (exact) mass is 171 g/mol. The highest BCUT2D eigenvalue weighted by atomic mass is 16.5. The zero-order valence-electron chi connectivity index (χ0n) is 7.80. The SMILES string of the molecule is C/C=C/C(=O)OCCCCNC. The molecule has 0 aromatic carbocycles. The van der Waals surface area contributed by atoms with Crippen LogP contribution >= 0.6 is 0 Å². The predicted molar refractivity (Wildman–Crippen MR) is 48.9 cm³/mol. The Balaban J connectivity index is 3.14. The Morgan fingerprint density at radius 2 is 2.25 bits per heavy atom. The number of unbranched alkanes of at least 4 members (excludes halogenated alkanes) is 1. The first kappa shape index (κ1) is 11.2. The molecule has 0 aromatic rings. The van der Waals surface area contributed by atoms with E-state index in [1.54, 1.807) is 13.0 Å². The van der Waals surface area contributed by atoms with Crippen LogP contribution in [0.25, 0.3) is 0 Å². The van der Waals surface area contributed by atoms with E-state index >= 15 is 0 Å². The molecule has 0 aromatic heterocycles. The van der Waals surface area contributed by atoms with Gasteiger partial charge in [0.05, 0.1) is 6.61 Å². The topological polar surface area (TPSA) is 38.3 Å². The van der Waals surface area contributed by atoms with Crippen molar-refractivity contribution >= 4 is 5.97 Å². The van der Waals surface area contributed by atoms with E-state index in [-0.39, 0.29) is 5.97 Å². The quantitative estimate of drug-likeness (QED) is 0.369. The lowest BCUT2D eigenvalue weighted by Gasteiger charge is -2.00. The van der Waals surface area contributed by atoms with Gasteiger partial charge in [0.1, 0.15) is 0 Å². The van der Waals surface area contributed by atoms with Crippen molar-refractivity contribution in [1.82, 2.24) is 5.32 Å². The third-order valence-electron chi connectivity index (χ3n) is 1.37. The third kappa shape index (κ3) is 7.28. The van der Waals surface area contributed by atoms with Gasteiger partial charge in [0.15, 0.2) is 0 Å². The van der Waals surface area contributed by atoms with Crippen molar-refractivity contribution in [2.24, 2.45) is 0 Å². The van der Waals surface area contributed by atoms with Crippen molar-refractivity contribution in [2.45, 2.75) is 19.8 Å². The molecule has 0 atom stereocenters. The molecule has 0 aliphatic carbocycles. The van der Waals surface area contributed by atoms with Gasteiger partial charge in [0.25, 0.3) is 0 Å². The van der Waals surface area contributed by atoms with E-state index in [0.29, 0.717) is 6.61 Å². The lowest BCUT2D eigenvalue weighted by Crippen LogP contribution is -2.09. The van der Waals surface area contributed by atoms with Crippen LogP contribution in [0.1, 0.15) is 19.8 Å². The van der Waals surface area contributed by atoms with E-state index < -0.39 is 0 Å². The van der Waals surface area contributed by atoms with Gasteiger partial charge in [-0.15, -0.1) is 0 Å². The normalized spacial score (nSPS) is 10.5. The fraction of sp³-hybridized carbons (Fsp3) is 0.667. The number of nitrogens with one attached hydrogen (secondary N) is 1. The number of esters is 1. The largest absolute Gasteiger partial charge is 0.463 e. The number of hydrogen-bond donors (Lipinski definition) is 1. The summed E-state index contributed by atoms with van der Waals surface area (Å²) < 4.78 is 4.88. The summed E-state index contributed by atoms with van der Waals surface area (Å²) in [6.07, 6.45) is 5.07. The summed E-state index contributed by atoms with van der Waals surface area (Å²) in [7, 11) is 1.91. The van der Waals surface area contributed by atoms with Gasteiger partial charge in [0.2, 0.25) is 0 Å². The van der Waals surface area contributed by atoms with Crippen LogP contribution in [-0.4, -0.2) is 26.2 Å². The fourth-order valence-corrected chi connectivity index (χ4v) is 0.761. The Bertz CT molecular complexity index is 143. The summed E-state index contributed by atoms with van der Waals surface area (Å²) >= 11 is 0. The molecule has 0 saturated heterocycles. The van der Waals surface area contributed by atoms with E-state index in [9.17, 15) is 4.79 Å². The highest BCUT2D eigenvalue weighted by Crippen LogP contribution is 1.89. The summed E-state index contributed by atoms with van der Waals surface area (Å²) in [4.78, 5) is 10.8. The van der Waals surface area contributed by atoms with Gasteiger partial charge in [-0.05, 0) is 33.4 Å². The van der Waals surface area contributed by atoms with Gasteiger partial charge in [-0.3, -0.25) is 0 Å². The summed E-state index contributed by atoms with van der Waals surface area (Å²) in [5.74, 6) is -0.248. The Kier molecular flexibility index (Phi) is 7.70. The molecule has 0 heterocycles. The van der Waals surface area contributed by atoms with Gasteiger partial charge in [-0.1, -0.05) is 6.08 Å². The van der Waals surface area contributed by atoms with Crippen LogP contribution in [0, 0.1) is 0 Å². The first-order chi connectivity index (χ1) is 5.81. The van der Waals surface area contributed by atoms with E-state index in [2.05, 4.69) is 5.32 Å². The summed E-state index contributed by atoms with van der Waals surface area (Å²) in [6.45, 7) is 3.29. The summed E-state index contributed by atoms with van der Waals surface area (Å²) in [6, 6.07) is 0. The van der Waals surface area contributed by atoms with Crippen molar-refractivity contribution in [3.8, 4) is 0 Å². The van der Waals surface area contributed by atoms with Crippen LogP contribution in [0.2, 0.25) is 0 Å². The minimum atomic E-state index is -0.248. The van der Waals surface area contributed by atoms with Crippen LogP contribution in [0.5, 0.6) is 0 Å². The van der Waals surface area contributed by atoms with Crippen LogP contribution in [0.4, 0.5) is 0 Å². The van der Waals surface area contributed by atoms with Crippen LogP contribution in [0.15, 0.2) is 12.2 Å². The molecule has 0 fully saturated rings. The molecule has 0 aliphatic rings. The van der Waals surface area contributed by atoms with Crippen LogP contribution < -0.4 is 5.32 Å². The highest BCUT2D eigenvalue weighted by Gasteiger charge is 1.94. The second-order valence-electron chi connectivity index (χ2n) is 2.48. The number of rotatable bonds is 6. The molecule has 0 saturated carbocycles. The average molecular weight is 171 g/mol. The zero-order valence-corrected chi connectivity index (χ0v) is 7.80. The molecule has 0 aliphatic heterocycles. The Hall–Kier alpha value is -0.830. The number of ether oxygens (including phenoxy) is 1. The molecular weight excluding hydrogens is 154 g/mol. The zero-order chi connectivity index (χ0) is 9.23. The van der Waals surface area contributed by atoms with Crippen molar-refractivity contribution in [1.29, 1.82) is 0 Å². The predicted octanol–water partition coefficient (Wildman–Crippen LogP) is 1.11. The van der Waals surface area contributed by atoms with Crippen molar-refractivity contribution in [3.05, 3.63) is 12.2 Å². The van der Waals surface area contributed by atoms with Gasteiger partial charge < -0.3 is 10.1 Å². The van der Waals surface area contributed by atoms with Crippen LogP contribution in [-0.2, 0) is 9.53 Å². The first-order valence-corrected chi connectivity index (χ1v) is 4.25. The standard InChI is InChI=1S/C9H17NO2/c1-3-6-9(11)12-8-5-4-7-10-2/h3,6,10H,4-5,7-8H2,1-2H3/b6-3+. The van der Waals surface area contributed by atoms with Crippen molar-refractivity contribution in [3.63, 3.8) is 0 Å². The molecule has 0 radical (unpaired) electrons. The molecular formula is C9H17NO2. The molecule has 0 rings (SSSR count). The maximum atomic E-state index is 10.8. The molecule has 3 heteroatoms. The maximum absolute atomic E-state index is 10.8. The Morgan fingerprint density at radius 3 is 2.83 bits per heavy atom. The lowest BCUT2D eigenvalue weighted by atomic mass is 10.3. The first-order valence-electron chi connectivity index (χ1n) is 4.25. The second kappa shape index (κ2) is 8.27. The number of allylic oxidation sites excluding steroid dienone is 1. The number of carbonyl (C=O) groups excluding carboxylic acids is 1. The highest BCUT2D eigenvalue weighted by molar-refractivity contribution is 5.81. The molecule has 1 N–H and O–H groups in total. The summed E-state index contributed by atoms with van der Waals surface area (Å²) in [5.41, 5.74) is 0. The Labute approximate surface area is 73.8 Å². The minimum absolute atomic E-state index is 0.248. The van der Waals surface area contributed by atoms with E-state index in [0.717, 1.165) is 19.4 Å². The van der Waals surface area contributed by atoms with Gasteiger partial charge >= 0.3 is 5.97 Å². The van der Waals surface area contributed by atoms with Gasteiger partial charge in [-0.25, -0.2) is 4.79 Å². The molecule has 3 nitrogen and oxygen atoms in total. The molecule has 12 heavy (non-hydrogen) atoms. The third-order valence-corrected chi connectivity index (χ3v) is 1.37. The van der Waals surface area contributed by atoms with Crippen molar-refractivity contribution < 1.29 is 9.53 Å².